The SMILES string of the molecule is COc1ccccc1-c1cc(C(c2ccccc2)C(F)(F)F)cc(C(c2ccccc2)C(F)(F)F)c1CN. The van der Waals surface area contributed by atoms with Gasteiger partial charge in [0.15, 0.2) is 0 Å². The van der Waals surface area contributed by atoms with Crippen molar-refractivity contribution in [3.8, 4) is 16.9 Å². The number of alkyl halides is 6. The van der Waals surface area contributed by atoms with Gasteiger partial charge in [0.2, 0.25) is 0 Å². The van der Waals surface area contributed by atoms with Gasteiger partial charge >= 0.3 is 12.4 Å². The van der Waals surface area contributed by atoms with Crippen LogP contribution in [0, 0.1) is 0 Å². The normalized spacial score (nSPS) is 13.7. The lowest BCUT2D eigenvalue weighted by Gasteiger charge is -2.29. The summed E-state index contributed by atoms with van der Waals surface area (Å²) in [6, 6.07) is 23.1. The van der Waals surface area contributed by atoms with Crippen molar-refractivity contribution >= 4 is 0 Å². The Kier molecular flexibility index (Phi) is 7.83. The van der Waals surface area contributed by atoms with Crippen LogP contribution in [-0.4, -0.2) is 19.5 Å². The van der Waals surface area contributed by atoms with Crippen molar-refractivity contribution < 1.29 is 31.1 Å². The fraction of sp³-hybridized carbons (Fsp3) is 0.200. The highest BCUT2D eigenvalue weighted by Gasteiger charge is 2.46. The van der Waals surface area contributed by atoms with Crippen LogP contribution in [0.25, 0.3) is 11.1 Å². The lowest BCUT2D eigenvalue weighted by molar-refractivity contribution is -0.141. The summed E-state index contributed by atoms with van der Waals surface area (Å²) in [5.41, 5.74) is 5.82. The Morgan fingerprint density at radius 2 is 1.13 bits per heavy atom. The fourth-order valence-corrected chi connectivity index (χ4v) is 4.88. The highest BCUT2D eigenvalue weighted by Crippen LogP contribution is 2.48. The highest BCUT2D eigenvalue weighted by atomic mass is 19.4. The predicted octanol–water partition coefficient (Wildman–Crippen LogP) is 8.21. The van der Waals surface area contributed by atoms with Crippen LogP contribution in [0.5, 0.6) is 5.75 Å². The number of rotatable bonds is 7. The number of hydrogen-bond acceptors (Lipinski definition) is 2. The van der Waals surface area contributed by atoms with Gasteiger partial charge in [-0.25, -0.2) is 0 Å². The van der Waals surface area contributed by atoms with Gasteiger partial charge in [-0.1, -0.05) is 84.9 Å². The number of ether oxygens (including phenoxy) is 1. The van der Waals surface area contributed by atoms with Crippen molar-refractivity contribution in [1.82, 2.24) is 0 Å². The molecule has 2 unspecified atom stereocenters. The van der Waals surface area contributed by atoms with E-state index in [1.807, 2.05) is 0 Å². The van der Waals surface area contributed by atoms with Gasteiger partial charge < -0.3 is 10.5 Å². The van der Waals surface area contributed by atoms with Gasteiger partial charge in [0.05, 0.1) is 7.11 Å². The number of hydrogen-bond donors (Lipinski definition) is 1. The zero-order chi connectivity index (χ0) is 27.5. The molecule has 0 saturated carbocycles. The molecular weight excluding hydrogens is 504 g/mol. The first-order valence-corrected chi connectivity index (χ1v) is 11.8. The molecule has 2 nitrogen and oxygen atoms in total. The van der Waals surface area contributed by atoms with E-state index in [4.69, 9.17) is 10.5 Å². The van der Waals surface area contributed by atoms with Crippen molar-refractivity contribution in [2.45, 2.75) is 30.7 Å². The third-order valence-electron chi connectivity index (χ3n) is 6.47. The van der Waals surface area contributed by atoms with Gasteiger partial charge in [0, 0.05) is 12.1 Å². The monoisotopic (exact) mass is 529 g/mol. The van der Waals surface area contributed by atoms with E-state index in [1.165, 1.54) is 61.7 Å². The number of nitrogens with two attached hydrogens (primary N) is 1. The predicted molar refractivity (Wildman–Crippen MR) is 135 cm³/mol. The average molecular weight is 530 g/mol. The summed E-state index contributed by atoms with van der Waals surface area (Å²) in [6.45, 7) is -0.329. The van der Waals surface area contributed by atoms with Gasteiger partial charge in [0.25, 0.3) is 0 Å². The molecule has 0 amide bonds. The maximum atomic E-state index is 14.7. The molecule has 8 heteroatoms. The summed E-state index contributed by atoms with van der Waals surface area (Å²) in [5, 5.41) is 0. The lowest BCUT2D eigenvalue weighted by Crippen LogP contribution is -2.26. The van der Waals surface area contributed by atoms with Crippen LogP contribution in [0.2, 0.25) is 0 Å². The van der Waals surface area contributed by atoms with Crippen LogP contribution < -0.4 is 10.5 Å². The second-order valence-corrected chi connectivity index (χ2v) is 8.81. The largest absolute Gasteiger partial charge is 0.496 e. The van der Waals surface area contributed by atoms with E-state index in [-0.39, 0.29) is 39.9 Å². The Balaban J connectivity index is 2.12. The lowest BCUT2D eigenvalue weighted by atomic mass is 9.79. The fourth-order valence-electron chi connectivity index (χ4n) is 4.88. The van der Waals surface area contributed by atoms with E-state index < -0.39 is 24.2 Å². The maximum absolute atomic E-state index is 14.7. The van der Waals surface area contributed by atoms with E-state index in [0.717, 1.165) is 6.07 Å². The quantitative estimate of drug-likeness (QED) is 0.245. The third kappa shape index (κ3) is 5.55. The molecular formula is C30H25F6NO. The molecule has 0 aromatic heterocycles. The summed E-state index contributed by atoms with van der Waals surface area (Å²) in [6.07, 6.45) is -9.58. The summed E-state index contributed by atoms with van der Waals surface area (Å²) in [7, 11) is 1.39. The minimum Gasteiger partial charge on any atom is -0.496 e. The molecule has 0 aliphatic heterocycles. The summed E-state index contributed by atoms with van der Waals surface area (Å²) < 4.78 is 93.2. The standard InChI is InChI=1S/C30H25F6NO/c1-38-26-15-9-8-14-22(26)23-16-21(27(29(31,32)33)19-10-4-2-5-11-19)17-24(25(23)18-37)28(30(34,35)36)20-12-6-3-7-13-20/h2-17,27-28H,18,37H2,1H3. The van der Waals surface area contributed by atoms with E-state index in [0.29, 0.717) is 11.3 Å². The second kappa shape index (κ2) is 10.9. The molecule has 0 aliphatic rings. The molecule has 0 heterocycles. The van der Waals surface area contributed by atoms with Crippen LogP contribution >= 0.6 is 0 Å². The molecule has 0 saturated heterocycles. The van der Waals surface area contributed by atoms with Crippen LogP contribution in [0.4, 0.5) is 26.3 Å². The zero-order valence-corrected chi connectivity index (χ0v) is 20.4. The first kappa shape index (κ1) is 27.3. The Hall–Kier alpha value is -3.78. The Morgan fingerprint density at radius 1 is 0.632 bits per heavy atom. The van der Waals surface area contributed by atoms with Gasteiger partial charge in [0.1, 0.15) is 17.6 Å². The average Bonchev–Trinajstić information content (AvgIpc) is 2.88. The molecule has 2 N–H and O–H groups in total. The zero-order valence-electron chi connectivity index (χ0n) is 20.4. The number of para-hydroxylation sites is 1. The smallest absolute Gasteiger partial charge is 0.399 e. The van der Waals surface area contributed by atoms with E-state index >= 15 is 0 Å². The molecule has 0 fully saturated rings. The second-order valence-electron chi connectivity index (χ2n) is 8.81. The third-order valence-corrected chi connectivity index (χ3v) is 6.47. The number of benzene rings is 4. The number of halogens is 6. The highest BCUT2D eigenvalue weighted by molar-refractivity contribution is 5.76. The minimum absolute atomic E-state index is 0.0827. The Morgan fingerprint density at radius 3 is 1.63 bits per heavy atom. The molecule has 0 aliphatic carbocycles. The number of methoxy groups -OCH3 is 1. The summed E-state index contributed by atoms with van der Waals surface area (Å²) in [4.78, 5) is 0. The van der Waals surface area contributed by atoms with Gasteiger partial charge in [-0.2, -0.15) is 26.3 Å². The van der Waals surface area contributed by atoms with Crippen molar-refractivity contribution in [3.05, 3.63) is 125 Å². The van der Waals surface area contributed by atoms with Crippen molar-refractivity contribution in [3.63, 3.8) is 0 Å². The summed E-state index contributed by atoms with van der Waals surface area (Å²) in [5.74, 6) is -4.05. The first-order chi connectivity index (χ1) is 18.1. The topological polar surface area (TPSA) is 35.2 Å². The first-order valence-electron chi connectivity index (χ1n) is 11.8. The van der Waals surface area contributed by atoms with Gasteiger partial charge in [-0.3, -0.25) is 0 Å². The molecule has 4 rings (SSSR count). The van der Waals surface area contributed by atoms with Crippen LogP contribution in [-0.2, 0) is 6.54 Å². The van der Waals surface area contributed by atoms with E-state index in [9.17, 15) is 26.3 Å². The van der Waals surface area contributed by atoms with Crippen molar-refractivity contribution in [1.29, 1.82) is 0 Å². The Labute approximate surface area is 216 Å². The molecule has 0 spiro atoms. The van der Waals surface area contributed by atoms with E-state index in [1.54, 1.807) is 36.4 Å². The van der Waals surface area contributed by atoms with Crippen LogP contribution in [0.15, 0.2) is 97.1 Å². The molecule has 4 aromatic rings. The van der Waals surface area contributed by atoms with Crippen molar-refractivity contribution in [2.75, 3.05) is 7.11 Å². The molecule has 198 valence electrons. The Bertz CT molecular complexity index is 1370. The molecule has 4 aromatic carbocycles. The molecule has 2 atom stereocenters. The van der Waals surface area contributed by atoms with Gasteiger partial charge in [-0.15, -0.1) is 0 Å². The summed E-state index contributed by atoms with van der Waals surface area (Å²) >= 11 is 0. The van der Waals surface area contributed by atoms with Crippen LogP contribution in [0.1, 0.15) is 39.7 Å². The van der Waals surface area contributed by atoms with Crippen molar-refractivity contribution in [2.24, 2.45) is 5.73 Å². The maximum Gasteiger partial charge on any atom is 0.399 e. The van der Waals surface area contributed by atoms with E-state index in [2.05, 4.69) is 0 Å². The van der Waals surface area contributed by atoms with Gasteiger partial charge in [-0.05, 0) is 45.5 Å². The van der Waals surface area contributed by atoms with Crippen LogP contribution in [0.3, 0.4) is 0 Å². The molecule has 0 radical (unpaired) electrons. The molecule has 38 heavy (non-hydrogen) atoms. The minimum atomic E-state index is -4.80. The molecule has 0 bridgehead atoms.